The van der Waals surface area contributed by atoms with Gasteiger partial charge in [0.15, 0.2) is 0 Å². The second kappa shape index (κ2) is 5.48. The SMILES string of the molecule is CC(O)[C@H]1CCC2C3CCC4C[C@@H](C)CC[C@]4(C)C3CC[C@@]21C. The summed E-state index contributed by atoms with van der Waals surface area (Å²) in [7, 11) is 0. The van der Waals surface area contributed by atoms with E-state index in [1.54, 1.807) is 0 Å². The highest BCUT2D eigenvalue weighted by Gasteiger charge is 2.60. The number of aliphatic hydroxyl groups excluding tert-OH is 1. The summed E-state index contributed by atoms with van der Waals surface area (Å²) in [4.78, 5) is 0. The Kier molecular flexibility index (Phi) is 3.91. The molecule has 5 unspecified atom stereocenters. The lowest BCUT2D eigenvalue weighted by molar-refractivity contribution is -0.123. The fourth-order valence-corrected chi connectivity index (χ4v) is 8.31. The Bertz CT molecular complexity index is 457. The van der Waals surface area contributed by atoms with Crippen molar-refractivity contribution in [3.05, 3.63) is 0 Å². The second-order valence-corrected chi connectivity index (χ2v) is 10.5. The van der Waals surface area contributed by atoms with Gasteiger partial charge in [-0.1, -0.05) is 27.2 Å². The van der Waals surface area contributed by atoms with Crippen molar-refractivity contribution in [3.63, 3.8) is 0 Å². The van der Waals surface area contributed by atoms with E-state index in [9.17, 15) is 5.11 Å². The molecule has 1 N–H and O–H groups in total. The molecule has 0 aliphatic heterocycles. The summed E-state index contributed by atoms with van der Waals surface area (Å²) in [5, 5.41) is 10.3. The number of fused-ring (bicyclic) bond motifs is 5. The molecule has 0 aromatic rings. The van der Waals surface area contributed by atoms with Crippen molar-refractivity contribution in [2.24, 2.45) is 46.3 Å². The van der Waals surface area contributed by atoms with Crippen molar-refractivity contribution in [3.8, 4) is 0 Å². The van der Waals surface area contributed by atoms with E-state index in [0.29, 0.717) is 16.7 Å². The number of aliphatic hydroxyl groups is 1. The zero-order valence-corrected chi connectivity index (χ0v) is 15.9. The van der Waals surface area contributed by atoms with Gasteiger partial charge < -0.3 is 5.11 Å². The van der Waals surface area contributed by atoms with Gasteiger partial charge in [-0.3, -0.25) is 0 Å². The van der Waals surface area contributed by atoms with Crippen LogP contribution >= 0.6 is 0 Å². The van der Waals surface area contributed by atoms with Crippen LogP contribution in [-0.4, -0.2) is 11.2 Å². The minimum atomic E-state index is -0.107. The highest BCUT2D eigenvalue weighted by atomic mass is 16.3. The van der Waals surface area contributed by atoms with Crippen molar-refractivity contribution in [1.29, 1.82) is 0 Å². The molecule has 1 nitrogen and oxygen atoms in total. The van der Waals surface area contributed by atoms with Crippen molar-refractivity contribution in [2.45, 2.75) is 91.6 Å². The monoisotopic (exact) mass is 318 g/mol. The molecule has 4 fully saturated rings. The van der Waals surface area contributed by atoms with Gasteiger partial charge in [0.1, 0.15) is 0 Å². The summed E-state index contributed by atoms with van der Waals surface area (Å²) in [6.07, 6.45) is 12.8. The summed E-state index contributed by atoms with van der Waals surface area (Å²) in [6.45, 7) is 9.73. The molecule has 0 saturated heterocycles. The van der Waals surface area contributed by atoms with E-state index in [2.05, 4.69) is 20.8 Å². The Morgan fingerprint density at radius 2 is 1.57 bits per heavy atom. The molecule has 4 saturated carbocycles. The standard InChI is InChI=1S/C22H38O/c1-14-9-11-21(3)16(13-14)5-6-17-19-8-7-18(15(2)23)22(19,4)12-10-20(17)21/h14-20,23H,5-13H2,1-4H3/t14-,15?,16?,17?,18+,19?,20?,21-,22+/m0/s1. The number of hydrogen-bond acceptors (Lipinski definition) is 1. The molecule has 132 valence electrons. The molecule has 0 amide bonds. The largest absolute Gasteiger partial charge is 0.393 e. The molecule has 0 aromatic carbocycles. The maximum absolute atomic E-state index is 10.3. The van der Waals surface area contributed by atoms with Crippen LogP contribution in [0.5, 0.6) is 0 Å². The number of hydrogen-bond donors (Lipinski definition) is 1. The Balaban J connectivity index is 1.60. The molecular weight excluding hydrogens is 280 g/mol. The summed E-state index contributed by atoms with van der Waals surface area (Å²) in [6, 6.07) is 0. The molecule has 4 rings (SSSR count). The summed E-state index contributed by atoms with van der Waals surface area (Å²) in [5.74, 6) is 5.38. The van der Waals surface area contributed by atoms with Gasteiger partial charge in [0.05, 0.1) is 6.10 Å². The van der Waals surface area contributed by atoms with Crippen LogP contribution in [0, 0.1) is 46.3 Å². The van der Waals surface area contributed by atoms with E-state index < -0.39 is 0 Å². The molecule has 23 heavy (non-hydrogen) atoms. The van der Waals surface area contributed by atoms with E-state index in [0.717, 1.165) is 29.6 Å². The Hall–Kier alpha value is -0.0400. The lowest BCUT2D eigenvalue weighted by Crippen LogP contribution is -2.53. The first kappa shape index (κ1) is 16.4. The fraction of sp³-hybridized carbons (Fsp3) is 1.00. The van der Waals surface area contributed by atoms with Crippen molar-refractivity contribution >= 4 is 0 Å². The van der Waals surface area contributed by atoms with Crippen LogP contribution in [-0.2, 0) is 0 Å². The molecule has 0 aromatic heterocycles. The van der Waals surface area contributed by atoms with E-state index in [1.165, 1.54) is 57.8 Å². The zero-order valence-electron chi connectivity index (χ0n) is 15.9. The minimum Gasteiger partial charge on any atom is -0.393 e. The molecule has 0 radical (unpaired) electrons. The first-order chi connectivity index (χ1) is 10.9. The van der Waals surface area contributed by atoms with Crippen LogP contribution in [0.25, 0.3) is 0 Å². The maximum atomic E-state index is 10.3. The average Bonchev–Trinajstić information content (AvgIpc) is 2.85. The first-order valence-corrected chi connectivity index (χ1v) is 10.5. The van der Waals surface area contributed by atoms with Gasteiger partial charge in [0, 0.05) is 0 Å². The van der Waals surface area contributed by atoms with Crippen LogP contribution in [0.4, 0.5) is 0 Å². The molecule has 1 heteroatoms. The van der Waals surface area contributed by atoms with Crippen LogP contribution in [0.1, 0.15) is 85.5 Å². The summed E-state index contributed by atoms with van der Waals surface area (Å²) < 4.78 is 0. The highest BCUT2D eigenvalue weighted by molar-refractivity contribution is 5.09. The van der Waals surface area contributed by atoms with E-state index >= 15 is 0 Å². The predicted molar refractivity (Wildman–Crippen MR) is 96.1 cm³/mol. The molecule has 4 aliphatic rings. The normalized spacial score (nSPS) is 57.3. The van der Waals surface area contributed by atoms with Gasteiger partial charge >= 0.3 is 0 Å². The highest BCUT2D eigenvalue weighted by Crippen LogP contribution is 2.68. The van der Waals surface area contributed by atoms with Crippen LogP contribution < -0.4 is 0 Å². The van der Waals surface area contributed by atoms with Gasteiger partial charge in [-0.15, -0.1) is 0 Å². The molecular formula is C22H38O. The van der Waals surface area contributed by atoms with Crippen LogP contribution in [0.3, 0.4) is 0 Å². The molecule has 9 atom stereocenters. The van der Waals surface area contributed by atoms with Gasteiger partial charge in [-0.25, -0.2) is 0 Å². The lowest BCUT2D eigenvalue weighted by Gasteiger charge is -2.61. The van der Waals surface area contributed by atoms with Gasteiger partial charge in [0.2, 0.25) is 0 Å². The molecule has 0 heterocycles. The summed E-state index contributed by atoms with van der Waals surface area (Å²) in [5.41, 5.74) is 1.07. The number of rotatable bonds is 1. The Morgan fingerprint density at radius 3 is 2.30 bits per heavy atom. The Labute approximate surface area is 143 Å². The topological polar surface area (TPSA) is 20.2 Å². The van der Waals surface area contributed by atoms with Crippen molar-refractivity contribution < 1.29 is 5.11 Å². The van der Waals surface area contributed by atoms with Gasteiger partial charge in [0.25, 0.3) is 0 Å². The fourth-order valence-electron chi connectivity index (χ4n) is 8.31. The lowest BCUT2D eigenvalue weighted by atomic mass is 9.44. The van der Waals surface area contributed by atoms with E-state index in [-0.39, 0.29) is 6.10 Å². The van der Waals surface area contributed by atoms with Gasteiger partial charge in [-0.2, -0.15) is 0 Å². The smallest absolute Gasteiger partial charge is 0.0545 e. The maximum Gasteiger partial charge on any atom is 0.0545 e. The molecule has 0 bridgehead atoms. The minimum absolute atomic E-state index is 0.107. The van der Waals surface area contributed by atoms with Crippen molar-refractivity contribution in [1.82, 2.24) is 0 Å². The molecule has 0 spiro atoms. The predicted octanol–water partition coefficient (Wildman–Crippen LogP) is 5.66. The third kappa shape index (κ3) is 2.28. The zero-order chi connectivity index (χ0) is 16.4. The van der Waals surface area contributed by atoms with E-state index in [1.807, 2.05) is 6.92 Å². The molecule has 4 aliphatic carbocycles. The third-order valence-corrected chi connectivity index (χ3v) is 9.58. The van der Waals surface area contributed by atoms with Gasteiger partial charge in [-0.05, 0) is 105 Å². The second-order valence-electron chi connectivity index (χ2n) is 10.5. The van der Waals surface area contributed by atoms with Crippen molar-refractivity contribution in [2.75, 3.05) is 0 Å². The third-order valence-electron chi connectivity index (χ3n) is 9.58. The van der Waals surface area contributed by atoms with E-state index in [4.69, 9.17) is 0 Å². The summed E-state index contributed by atoms with van der Waals surface area (Å²) >= 11 is 0. The van der Waals surface area contributed by atoms with Crippen LogP contribution in [0.2, 0.25) is 0 Å². The first-order valence-electron chi connectivity index (χ1n) is 10.5. The Morgan fingerprint density at radius 1 is 0.870 bits per heavy atom. The quantitative estimate of drug-likeness (QED) is 0.661. The van der Waals surface area contributed by atoms with Crippen LogP contribution in [0.15, 0.2) is 0 Å². The average molecular weight is 319 g/mol.